The van der Waals surface area contributed by atoms with Crippen molar-refractivity contribution in [2.24, 2.45) is 5.10 Å². The van der Waals surface area contributed by atoms with Crippen molar-refractivity contribution < 1.29 is 18.7 Å². The van der Waals surface area contributed by atoms with E-state index >= 15 is 0 Å². The number of carboxylic acid groups (broad SMARTS) is 1. The molecule has 0 amide bonds. The van der Waals surface area contributed by atoms with Crippen LogP contribution < -0.4 is 10.4 Å². The lowest BCUT2D eigenvalue weighted by molar-refractivity contribution is 0.0695. The number of benzene rings is 2. The fourth-order valence-electron chi connectivity index (χ4n) is 3.67. The number of pyridine rings is 1. The number of hydrogen-bond donors (Lipinski definition) is 1. The minimum absolute atomic E-state index is 0.0118. The molecular formula is C22H19F2N3O3. The largest absolute Gasteiger partial charge is 0.477 e. The van der Waals surface area contributed by atoms with Crippen LogP contribution in [0.15, 0.2) is 52.5 Å². The Kier molecular flexibility index (Phi) is 5.07. The summed E-state index contributed by atoms with van der Waals surface area (Å²) in [7, 11) is 0. The summed E-state index contributed by atoms with van der Waals surface area (Å²) in [6, 6.07) is 8.58. The zero-order chi connectivity index (χ0) is 21.4. The average molecular weight is 411 g/mol. The highest BCUT2D eigenvalue weighted by atomic mass is 19.1. The van der Waals surface area contributed by atoms with Crippen molar-refractivity contribution in [2.75, 3.05) is 11.6 Å². The Morgan fingerprint density at radius 2 is 1.93 bits per heavy atom. The summed E-state index contributed by atoms with van der Waals surface area (Å²) in [5, 5.41) is 15.4. The van der Waals surface area contributed by atoms with Crippen molar-refractivity contribution in [3.63, 3.8) is 0 Å². The third-order valence-electron chi connectivity index (χ3n) is 5.20. The number of nitrogens with zero attached hydrogens (tertiary/aromatic N) is 3. The van der Waals surface area contributed by atoms with Crippen LogP contribution in [0.2, 0.25) is 0 Å². The van der Waals surface area contributed by atoms with Crippen LogP contribution in [0, 0.1) is 11.6 Å². The second-order valence-corrected chi connectivity index (χ2v) is 7.06. The smallest absolute Gasteiger partial charge is 0.341 e. The molecule has 0 bridgehead atoms. The van der Waals surface area contributed by atoms with Crippen LogP contribution in [0.4, 0.5) is 14.5 Å². The highest BCUT2D eigenvalue weighted by Crippen LogP contribution is 2.28. The molecule has 6 nitrogen and oxygen atoms in total. The Morgan fingerprint density at radius 3 is 2.60 bits per heavy atom. The van der Waals surface area contributed by atoms with Crippen molar-refractivity contribution in [3.05, 3.63) is 75.6 Å². The molecule has 0 spiro atoms. The van der Waals surface area contributed by atoms with E-state index in [4.69, 9.17) is 0 Å². The number of aryl methyl sites for hydroxylation is 1. The first-order chi connectivity index (χ1) is 14.4. The molecule has 2 heterocycles. The lowest BCUT2D eigenvalue weighted by Gasteiger charge is -2.26. The minimum atomic E-state index is -1.35. The van der Waals surface area contributed by atoms with Crippen molar-refractivity contribution in [3.8, 4) is 0 Å². The van der Waals surface area contributed by atoms with E-state index < -0.39 is 22.8 Å². The summed E-state index contributed by atoms with van der Waals surface area (Å²) >= 11 is 0. The summed E-state index contributed by atoms with van der Waals surface area (Å²) in [6.45, 7) is 2.70. The summed E-state index contributed by atoms with van der Waals surface area (Å²) in [5.74, 6) is -2.35. The van der Waals surface area contributed by atoms with Crippen LogP contribution in [-0.4, -0.2) is 27.9 Å². The van der Waals surface area contributed by atoms with Crippen LogP contribution in [-0.2, 0) is 6.54 Å². The summed E-state index contributed by atoms with van der Waals surface area (Å²) in [4.78, 5) is 23.9. The van der Waals surface area contributed by atoms with Crippen LogP contribution in [0.1, 0.15) is 35.7 Å². The SMILES string of the molecule is CCn1cc(C(=O)O)c(=O)c2cc(F)c(N3CCCC(c4ccc(F)cc4)=N3)cc21. The quantitative estimate of drug-likeness (QED) is 0.704. The van der Waals surface area contributed by atoms with E-state index in [0.29, 0.717) is 25.0 Å². The van der Waals surface area contributed by atoms with Gasteiger partial charge < -0.3 is 9.67 Å². The molecule has 0 fully saturated rings. The third kappa shape index (κ3) is 3.45. The standard InChI is InChI=1S/C22H19F2N3O3/c1-2-26-12-16(22(29)30)21(28)15-10-17(24)20(11-19(15)26)27-9-3-4-18(25-27)13-5-7-14(23)8-6-13/h5-8,10-12H,2-4,9H2,1H3,(H,29,30). The highest BCUT2D eigenvalue weighted by Gasteiger charge is 2.21. The van der Waals surface area contributed by atoms with E-state index in [2.05, 4.69) is 5.10 Å². The van der Waals surface area contributed by atoms with Gasteiger partial charge in [0.05, 0.1) is 16.9 Å². The highest BCUT2D eigenvalue weighted by molar-refractivity contribution is 6.01. The fraction of sp³-hybridized carbons (Fsp3) is 0.227. The van der Waals surface area contributed by atoms with Crippen molar-refractivity contribution in [1.29, 1.82) is 0 Å². The van der Waals surface area contributed by atoms with Crippen LogP contribution in [0.3, 0.4) is 0 Å². The van der Waals surface area contributed by atoms with Gasteiger partial charge in [-0.2, -0.15) is 5.10 Å². The van der Waals surface area contributed by atoms with Gasteiger partial charge in [0.25, 0.3) is 0 Å². The van der Waals surface area contributed by atoms with Gasteiger partial charge in [-0.3, -0.25) is 9.80 Å². The predicted octanol–water partition coefficient (Wildman–Crippen LogP) is 4.00. The van der Waals surface area contributed by atoms with E-state index in [1.54, 1.807) is 16.7 Å². The predicted molar refractivity (Wildman–Crippen MR) is 110 cm³/mol. The van der Waals surface area contributed by atoms with E-state index in [0.717, 1.165) is 23.8 Å². The summed E-state index contributed by atoms with van der Waals surface area (Å²) in [6.07, 6.45) is 2.68. The van der Waals surface area contributed by atoms with E-state index in [9.17, 15) is 23.5 Å². The Bertz CT molecular complexity index is 1230. The van der Waals surface area contributed by atoms with Crippen LogP contribution in [0.25, 0.3) is 10.9 Å². The van der Waals surface area contributed by atoms with Gasteiger partial charge in [-0.25, -0.2) is 13.6 Å². The normalized spacial score (nSPS) is 14.1. The van der Waals surface area contributed by atoms with E-state index in [1.807, 2.05) is 6.92 Å². The molecule has 154 valence electrons. The summed E-state index contributed by atoms with van der Waals surface area (Å²) in [5.41, 5.74) is 1.00. The second-order valence-electron chi connectivity index (χ2n) is 7.06. The zero-order valence-corrected chi connectivity index (χ0v) is 16.2. The molecular weight excluding hydrogens is 392 g/mol. The molecule has 1 aromatic heterocycles. The van der Waals surface area contributed by atoms with Crippen LogP contribution >= 0.6 is 0 Å². The Hall–Kier alpha value is -3.55. The van der Waals surface area contributed by atoms with Gasteiger partial charge in [0, 0.05) is 24.7 Å². The fourth-order valence-corrected chi connectivity index (χ4v) is 3.67. The number of carbonyl (C=O) groups is 1. The maximum atomic E-state index is 15.0. The molecule has 0 radical (unpaired) electrons. The molecule has 0 aliphatic carbocycles. The topological polar surface area (TPSA) is 74.9 Å². The van der Waals surface area contributed by atoms with E-state index in [1.165, 1.54) is 29.4 Å². The van der Waals surface area contributed by atoms with Crippen LogP contribution in [0.5, 0.6) is 0 Å². The first-order valence-corrected chi connectivity index (χ1v) is 9.60. The van der Waals surface area contributed by atoms with E-state index in [-0.39, 0.29) is 16.9 Å². The number of anilines is 1. The molecule has 1 aliphatic rings. The number of rotatable bonds is 4. The molecule has 1 aliphatic heterocycles. The summed E-state index contributed by atoms with van der Waals surface area (Å²) < 4.78 is 29.8. The molecule has 0 saturated heterocycles. The second kappa shape index (κ2) is 7.70. The van der Waals surface area contributed by atoms with Crippen molar-refractivity contribution >= 4 is 28.3 Å². The number of aromatic carboxylic acids is 1. The molecule has 3 aromatic rings. The molecule has 4 rings (SSSR count). The third-order valence-corrected chi connectivity index (χ3v) is 5.20. The molecule has 2 aromatic carbocycles. The Morgan fingerprint density at radius 1 is 1.20 bits per heavy atom. The monoisotopic (exact) mass is 411 g/mol. The molecule has 30 heavy (non-hydrogen) atoms. The Balaban J connectivity index is 1.84. The Labute approximate surface area is 170 Å². The molecule has 8 heteroatoms. The number of aromatic nitrogens is 1. The maximum Gasteiger partial charge on any atom is 0.341 e. The van der Waals surface area contributed by atoms with Gasteiger partial charge in [-0.05, 0) is 49.6 Å². The number of hydrazone groups is 1. The number of hydrogen-bond acceptors (Lipinski definition) is 4. The van der Waals surface area contributed by atoms with Gasteiger partial charge >= 0.3 is 5.97 Å². The minimum Gasteiger partial charge on any atom is -0.477 e. The van der Waals surface area contributed by atoms with Gasteiger partial charge in [0.15, 0.2) is 0 Å². The first kappa shape index (κ1) is 19.8. The number of fused-ring (bicyclic) bond motifs is 1. The first-order valence-electron chi connectivity index (χ1n) is 9.60. The van der Waals surface area contributed by atoms with Crippen molar-refractivity contribution in [1.82, 2.24) is 4.57 Å². The average Bonchev–Trinajstić information content (AvgIpc) is 2.74. The molecule has 0 atom stereocenters. The molecule has 1 N–H and O–H groups in total. The number of carboxylic acids is 1. The lowest BCUT2D eigenvalue weighted by Crippen LogP contribution is -2.27. The van der Waals surface area contributed by atoms with Gasteiger partial charge in [-0.1, -0.05) is 12.1 Å². The van der Waals surface area contributed by atoms with Gasteiger partial charge in [-0.15, -0.1) is 0 Å². The lowest BCUT2D eigenvalue weighted by atomic mass is 10.0. The van der Waals surface area contributed by atoms with Gasteiger partial charge in [0.2, 0.25) is 5.43 Å². The number of halogens is 2. The van der Waals surface area contributed by atoms with Gasteiger partial charge in [0.1, 0.15) is 17.2 Å². The molecule has 0 unspecified atom stereocenters. The molecule has 0 saturated carbocycles. The van der Waals surface area contributed by atoms with Crippen molar-refractivity contribution in [2.45, 2.75) is 26.3 Å². The zero-order valence-electron chi connectivity index (χ0n) is 16.2. The maximum absolute atomic E-state index is 15.0.